The van der Waals surface area contributed by atoms with Crippen LogP contribution >= 0.6 is 0 Å². The van der Waals surface area contributed by atoms with Crippen LogP contribution in [0.3, 0.4) is 0 Å². The number of carboxylic acids is 1. The summed E-state index contributed by atoms with van der Waals surface area (Å²) in [6.45, 7) is 7.62. The summed E-state index contributed by atoms with van der Waals surface area (Å²) >= 11 is 0. The van der Waals surface area contributed by atoms with Crippen LogP contribution in [0.15, 0.2) is 24.3 Å². The molecule has 1 aliphatic rings. The number of rotatable bonds is 3. The SMILES string of the molecule is CC(C)(C)c1ccc(C(=O)N2CCC(CC(=O)O)C2)cc1. The van der Waals surface area contributed by atoms with Gasteiger partial charge in [0.15, 0.2) is 0 Å². The minimum atomic E-state index is -0.788. The lowest BCUT2D eigenvalue weighted by atomic mass is 9.86. The van der Waals surface area contributed by atoms with Gasteiger partial charge in [-0.3, -0.25) is 9.59 Å². The Morgan fingerprint density at radius 2 is 1.86 bits per heavy atom. The van der Waals surface area contributed by atoms with E-state index in [1.165, 1.54) is 5.56 Å². The van der Waals surface area contributed by atoms with Crippen molar-refractivity contribution in [1.82, 2.24) is 4.90 Å². The molecular formula is C17H23NO3. The zero-order valence-electron chi connectivity index (χ0n) is 12.9. The maximum Gasteiger partial charge on any atom is 0.303 e. The Kier molecular flexibility index (Phi) is 4.35. The van der Waals surface area contributed by atoms with E-state index in [1.807, 2.05) is 24.3 Å². The molecule has 0 aliphatic carbocycles. The molecule has 4 heteroatoms. The van der Waals surface area contributed by atoms with Crippen LogP contribution in [0.5, 0.6) is 0 Å². The molecule has 1 unspecified atom stereocenters. The van der Waals surface area contributed by atoms with E-state index in [-0.39, 0.29) is 23.7 Å². The molecular weight excluding hydrogens is 266 g/mol. The molecule has 2 rings (SSSR count). The maximum absolute atomic E-state index is 12.4. The summed E-state index contributed by atoms with van der Waals surface area (Å²) in [5.74, 6) is -0.701. The molecule has 1 atom stereocenters. The third-order valence-corrected chi connectivity index (χ3v) is 4.03. The summed E-state index contributed by atoms with van der Waals surface area (Å²) in [6, 6.07) is 7.73. The Morgan fingerprint density at radius 1 is 1.24 bits per heavy atom. The largest absolute Gasteiger partial charge is 0.481 e. The van der Waals surface area contributed by atoms with E-state index >= 15 is 0 Å². The normalized spacial score (nSPS) is 18.8. The summed E-state index contributed by atoms with van der Waals surface area (Å²) in [4.78, 5) is 24.9. The molecule has 114 valence electrons. The van der Waals surface area contributed by atoms with Crippen molar-refractivity contribution in [2.45, 2.75) is 39.0 Å². The molecule has 1 amide bonds. The number of likely N-dealkylation sites (tertiary alicyclic amines) is 1. The molecule has 1 aromatic rings. The molecule has 4 nitrogen and oxygen atoms in total. The van der Waals surface area contributed by atoms with Crippen molar-refractivity contribution < 1.29 is 14.7 Å². The van der Waals surface area contributed by atoms with Crippen molar-refractivity contribution in [3.8, 4) is 0 Å². The van der Waals surface area contributed by atoms with E-state index in [4.69, 9.17) is 5.11 Å². The van der Waals surface area contributed by atoms with Gasteiger partial charge >= 0.3 is 5.97 Å². The number of carbonyl (C=O) groups is 2. The highest BCUT2D eigenvalue weighted by Crippen LogP contribution is 2.24. The van der Waals surface area contributed by atoms with Gasteiger partial charge in [-0.05, 0) is 35.4 Å². The first-order chi connectivity index (χ1) is 9.77. The third kappa shape index (κ3) is 3.84. The van der Waals surface area contributed by atoms with Crippen LogP contribution < -0.4 is 0 Å². The van der Waals surface area contributed by atoms with Crippen LogP contribution in [0.25, 0.3) is 0 Å². The van der Waals surface area contributed by atoms with Crippen LogP contribution in [-0.4, -0.2) is 35.0 Å². The second kappa shape index (κ2) is 5.88. The van der Waals surface area contributed by atoms with Crippen molar-refractivity contribution in [2.24, 2.45) is 5.92 Å². The Balaban J connectivity index is 2.03. The second-order valence-electron chi connectivity index (χ2n) is 6.83. The van der Waals surface area contributed by atoms with Gasteiger partial charge in [0.1, 0.15) is 0 Å². The molecule has 1 aromatic carbocycles. The van der Waals surface area contributed by atoms with E-state index in [0.29, 0.717) is 18.7 Å². The predicted molar refractivity (Wildman–Crippen MR) is 81.4 cm³/mol. The Hall–Kier alpha value is -1.84. The fraction of sp³-hybridized carbons (Fsp3) is 0.529. The molecule has 1 saturated heterocycles. The zero-order valence-corrected chi connectivity index (χ0v) is 12.9. The second-order valence-corrected chi connectivity index (χ2v) is 6.83. The molecule has 0 spiro atoms. The van der Waals surface area contributed by atoms with Crippen LogP contribution in [-0.2, 0) is 10.2 Å². The van der Waals surface area contributed by atoms with Crippen molar-refractivity contribution in [1.29, 1.82) is 0 Å². The first-order valence-electron chi connectivity index (χ1n) is 7.39. The van der Waals surface area contributed by atoms with Crippen molar-refractivity contribution >= 4 is 11.9 Å². The minimum Gasteiger partial charge on any atom is -0.481 e. The van der Waals surface area contributed by atoms with E-state index in [2.05, 4.69) is 20.8 Å². The number of benzene rings is 1. The number of carbonyl (C=O) groups excluding carboxylic acids is 1. The van der Waals surface area contributed by atoms with Gasteiger partial charge in [-0.1, -0.05) is 32.9 Å². The highest BCUT2D eigenvalue weighted by Gasteiger charge is 2.28. The van der Waals surface area contributed by atoms with Crippen molar-refractivity contribution in [2.75, 3.05) is 13.1 Å². The number of aliphatic carboxylic acids is 1. The van der Waals surface area contributed by atoms with Crippen LogP contribution in [0.1, 0.15) is 49.5 Å². The van der Waals surface area contributed by atoms with Gasteiger partial charge in [-0.15, -0.1) is 0 Å². The fourth-order valence-electron chi connectivity index (χ4n) is 2.73. The number of nitrogens with zero attached hydrogens (tertiary/aromatic N) is 1. The predicted octanol–water partition coefficient (Wildman–Crippen LogP) is 2.92. The Labute approximate surface area is 125 Å². The molecule has 1 heterocycles. The smallest absolute Gasteiger partial charge is 0.303 e. The lowest BCUT2D eigenvalue weighted by Crippen LogP contribution is -2.29. The molecule has 1 N–H and O–H groups in total. The zero-order chi connectivity index (χ0) is 15.6. The van der Waals surface area contributed by atoms with Gasteiger partial charge < -0.3 is 10.0 Å². The van der Waals surface area contributed by atoms with Gasteiger partial charge in [0.25, 0.3) is 5.91 Å². The lowest BCUT2D eigenvalue weighted by molar-refractivity contribution is -0.138. The molecule has 0 saturated carbocycles. The lowest BCUT2D eigenvalue weighted by Gasteiger charge is -2.20. The number of hydrogen-bond acceptors (Lipinski definition) is 2. The summed E-state index contributed by atoms with van der Waals surface area (Å²) in [5, 5.41) is 8.82. The van der Waals surface area contributed by atoms with Crippen LogP contribution in [0, 0.1) is 5.92 Å². The minimum absolute atomic E-state index is 0.00310. The van der Waals surface area contributed by atoms with E-state index in [1.54, 1.807) is 4.90 Å². The average molecular weight is 289 g/mol. The maximum atomic E-state index is 12.4. The molecule has 1 aliphatic heterocycles. The van der Waals surface area contributed by atoms with Crippen LogP contribution in [0.4, 0.5) is 0 Å². The molecule has 0 aromatic heterocycles. The van der Waals surface area contributed by atoms with Gasteiger partial charge in [-0.2, -0.15) is 0 Å². The van der Waals surface area contributed by atoms with Crippen molar-refractivity contribution in [3.63, 3.8) is 0 Å². The Morgan fingerprint density at radius 3 is 2.38 bits per heavy atom. The van der Waals surface area contributed by atoms with Crippen LogP contribution in [0.2, 0.25) is 0 Å². The van der Waals surface area contributed by atoms with Gasteiger partial charge in [0, 0.05) is 25.1 Å². The standard InChI is InChI=1S/C17H23NO3/c1-17(2,3)14-6-4-13(5-7-14)16(21)18-9-8-12(11-18)10-15(19)20/h4-7,12H,8-11H2,1-3H3,(H,19,20). The van der Waals surface area contributed by atoms with E-state index in [0.717, 1.165) is 6.42 Å². The fourth-order valence-corrected chi connectivity index (χ4v) is 2.73. The molecule has 1 fully saturated rings. The topological polar surface area (TPSA) is 57.6 Å². The summed E-state index contributed by atoms with van der Waals surface area (Å²) in [6.07, 6.45) is 0.921. The third-order valence-electron chi connectivity index (χ3n) is 4.03. The monoisotopic (exact) mass is 289 g/mol. The molecule has 21 heavy (non-hydrogen) atoms. The highest BCUT2D eigenvalue weighted by molar-refractivity contribution is 5.94. The van der Waals surface area contributed by atoms with Gasteiger partial charge in [-0.25, -0.2) is 0 Å². The first kappa shape index (κ1) is 15.5. The summed E-state index contributed by atoms with van der Waals surface area (Å²) in [5.41, 5.74) is 1.95. The highest BCUT2D eigenvalue weighted by atomic mass is 16.4. The summed E-state index contributed by atoms with van der Waals surface area (Å²) in [7, 11) is 0. The summed E-state index contributed by atoms with van der Waals surface area (Å²) < 4.78 is 0. The van der Waals surface area contributed by atoms with E-state index in [9.17, 15) is 9.59 Å². The molecule has 0 radical (unpaired) electrons. The average Bonchev–Trinajstić information content (AvgIpc) is 2.84. The number of carboxylic acid groups (broad SMARTS) is 1. The van der Waals surface area contributed by atoms with Crippen molar-refractivity contribution in [3.05, 3.63) is 35.4 Å². The molecule has 0 bridgehead atoms. The van der Waals surface area contributed by atoms with Gasteiger partial charge in [0.05, 0.1) is 0 Å². The Bertz CT molecular complexity index is 528. The number of hydrogen-bond donors (Lipinski definition) is 1. The first-order valence-corrected chi connectivity index (χ1v) is 7.39. The van der Waals surface area contributed by atoms with E-state index < -0.39 is 5.97 Å². The number of amides is 1. The quantitative estimate of drug-likeness (QED) is 0.930. The van der Waals surface area contributed by atoms with Gasteiger partial charge in [0.2, 0.25) is 0 Å².